The minimum Gasteiger partial charge on any atom is -0.381 e. The number of nitrogens with zero attached hydrogens (tertiary/aromatic N) is 2. The van der Waals surface area contributed by atoms with E-state index >= 15 is 0 Å². The molecule has 7 heteroatoms. The van der Waals surface area contributed by atoms with Crippen LogP contribution in [0.2, 0.25) is 0 Å². The summed E-state index contributed by atoms with van der Waals surface area (Å²) >= 11 is 3.30. The van der Waals surface area contributed by atoms with Crippen molar-refractivity contribution in [3.63, 3.8) is 0 Å². The smallest absolute Gasteiger partial charge is 0.304 e. The van der Waals surface area contributed by atoms with Gasteiger partial charge >= 0.3 is 5.69 Å². The van der Waals surface area contributed by atoms with E-state index < -0.39 is 16.4 Å². The molecule has 0 spiro atoms. The lowest BCUT2D eigenvalue weighted by atomic mass is 10.2. The molecule has 98 valence electrons. The predicted octanol–water partition coefficient (Wildman–Crippen LogP) is 3.50. The molecule has 0 amide bonds. The molecule has 0 atom stereocenters. The largest absolute Gasteiger partial charge is 0.381 e. The highest BCUT2D eigenvalue weighted by Gasteiger charge is 2.13. The quantitative estimate of drug-likeness (QED) is 0.690. The highest BCUT2D eigenvalue weighted by atomic mass is 79.9. The van der Waals surface area contributed by atoms with Gasteiger partial charge in [0, 0.05) is 41.2 Å². The maximum Gasteiger partial charge on any atom is 0.304 e. The standard InChI is InChI=1S/C12H9BrFN3O2/c13-9-3-8(5-15-7-9)6-16-10-1-2-12(17(18)19)11(14)4-10/h1-5,7,16H,6H2. The molecule has 1 heterocycles. The Bertz CT molecular complexity index is 622. The van der Waals surface area contributed by atoms with Crippen molar-refractivity contribution in [2.75, 3.05) is 5.32 Å². The van der Waals surface area contributed by atoms with Crippen molar-refractivity contribution >= 4 is 27.3 Å². The van der Waals surface area contributed by atoms with Gasteiger partial charge in [-0.25, -0.2) is 0 Å². The average molecular weight is 326 g/mol. The lowest BCUT2D eigenvalue weighted by Gasteiger charge is -2.06. The van der Waals surface area contributed by atoms with Crippen LogP contribution in [-0.4, -0.2) is 9.91 Å². The fourth-order valence-corrected chi connectivity index (χ4v) is 1.93. The van der Waals surface area contributed by atoms with Crippen molar-refractivity contribution in [1.82, 2.24) is 4.98 Å². The molecule has 0 unspecified atom stereocenters. The molecule has 1 aromatic carbocycles. The third-order valence-electron chi connectivity index (χ3n) is 2.40. The third kappa shape index (κ3) is 3.47. The van der Waals surface area contributed by atoms with E-state index in [0.29, 0.717) is 12.2 Å². The van der Waals surface area contributed by atoms with Gasteiger partial charge in [0.05, 0.1) is 4.92 Å². The Hall–Kier alpha value is -2.02. The van der Waals surface area contributed by atoms with Gasteiger partial charge < -0.3 is 5.32 Å². The summed E-state index contributed by atoms with van der Waals surface area (Å²) in [5.41, 5.74) is 0.853. The first-order valence-corrected chi connectivity index (χ1v) is 6.13. The molecule has 1 N–H and O–H groups in total. The van der Waals surface area contributed by atoms with Crippen LogP contribution in [0, 0.1) is 15.9 Å². The van der Waals surface area contributed by atoms with Crippen molar-refractivity contribution in [3.05, 3.63) is 62.6 Å². The summed E-state index contributed by atoms with van der Waals surface area (Å²) in [6.07, 6.45) is 3.34. The summed E-state index contributed by atoms with van der Waals surface area (Å²) in [5.74, 6) is -0.859. The fraction of sp³-hybridized carbons (Fsp3) is 0.0833. The van der Waals surface area contributed by atoms with Crippen molar-refractivity contribution < 1.29 is 9.31 Å². The zero-order valence-electron chi connectivity index (χ0n) is 9.64. The number of benzene rings is 1. The molecule has 0 aliphatic heterocycles. The van der Waals surface area contributed by atoms with Crippen LogP contribution in [-0.2, 0) is 6.54 Å². The first kappa shape index (κ1) is 13.4. The summed E-state index contributed by atoms with van der Waals surface area (Å²) in [7, 11) is 0. The van der Waals surface area contributed by atoms with E-state index in [0.717, 1.165) is 22.2 Å². The van der Waals surface area contributed by atoms with Crippen molar-refractivity contribution in [2.45, 2.75) is 6.54 Å². The van der Waals surface area contributed by atoms with Crippen LogP contribution in [0.15, 0.2) is 41.1 Å². The lowest BCUT2D eigenvalue weighted by Crippen LogP contribution is -2.01. The van der Waals surface area contributed by atoms with Gasteiger partial charge in [-0.05, 0) is 33.6 Å². The van der Waals surface area contributed by atoms with Crippen LogP contribution < -0.4 is 5.32 Å². The molecule has 0 aliphatic rings. The Kier molecular flexibility index (Phi) is 4.06. The van der Waals surface area contributed by atoms with Crippen LogP contribution in [0.5, 0.6) is 0 Å². The highest BCUT2D eigenvalue weighted by molar-refractivity contribution is 9.10. The Morgan fingerprint density at radius 1 is 1.37 bits per heavy atom. The number of hydrogen-bond donors (Lipinski definition) is 1. The van der Waals surface area contributed by atoms with Gasteiger partial charge in [0.15, 0.2) is 0 Å². The second-order valence-corrected chi connectivity index (χ2v) is 4.70. The summed E-state index contributed by atoms with van der Waals surface area (Å²) in [6.45, 7) is 0.448. The number of pyridine rings is 1. The van der Waals surface area contributed by atoms with Crippen LogP contribution in [0.25, 0.3) is 0 Å². The molecular weight excluding hydrogens is 317 g/mol. The molecule has 0 bridgehead atoms. The van der Waals surface area contributed by atoms with E-state index in [9.17, 15) is 14.5 Å². The zero-order valence-corrected chi connectivity index (χ0v) is 11.2. The lowest BCUT2D eigenvalue weighted by molar-refractivity contribution is -0.387. The van der Waals surface area contributed by atoms with Gasteiger partial charge in [0.2, 0.25) is 5.82 Å². The summed E-state index contributed by atoms with van der Waals surface area (Å²) in [5, 5.41) is 13.5. The maximum absolute atomic E-state index is 13.4. The molecule has 2 rings (SSSR count). The van der Waals surface area contributed by atoms with E-state index in [1.807, 2.05) is 6.07 Å². The van der Waals surface area contributed by atoms with Crippen molar-refractivity contribution in [3.8, 4) is 0 Å². The Labute approximate surface area is 116 Å². The molecule has 19 heavy (non-hydrogen) atoms. The molecule has 2 aromatic rings. The minimum absolute atomic E-state index is 0.448. The van der Waals surface area contributed by atoms with Gasteiger partial charge in [-0.1, -0.05) is 0 Å². The van der Waals surface area contributed by atoms with E-state index in [-0.39, 0.29) is 0 Å². The summed E-state index contributed by atoms with van der Waals surface area (Å²) in [6, 6.07) is 5.58. The number of nitro benzene ring substituents is 1. The molecule has 5 nitrogen and oxygen atoms in total. The number of hydrogen-bond acceptors (Lipinski definition) is 4. The van der Waals surface area contributed by atoms with Crippen LogP contribution >= 0.6 is 15.9 Å². The van der Waals surface area contributed by atoms with Crippen molar-refractivity contribution in [2.24, 2.45) is 0 Å². The molecule has 0 aliphatic carbocycles. The second kappa shape index (κ2) is 5.75. The Morgan fingerprint density at radius 3 is 2.79 bits per heavy atom. The van der Waals surface area contributed by atoms with Crippen molar-refractivity contribution in [1.29, 1.82) is 0 Å². The first-order valence-electron chi connectivity index (χ1n) is 5.33. The molecule has 1 aromatic heterocycles. The van der Waals surface area contributed by atoms with E-state index in [2.05, 4.69) is 26.2 Å². The van der Waals surface area contributed by atoms with Crippen LogP contribution in [0.3, 0.4) is 0 Å². The average Bonchev–Trinajstić information content (AvgIpc) is 2.36. The SMILES string of the molecule is O=[N+]([O-])c1ccc(NCc2cncc(Br)c2)cc1F. The predicted molar refractivity (Wildman–Crippen MR) is 72.3 cm³/mol. The summed E-state index contributed by atoms with van der Waals surface area (Å²) in [4.78, 5) is 13.7. The van der Waals surface area contributed by atoms with Gasteiger partial charge in [0.25, 0.3) is 0 Å². The zero-order chi connectivity index (χ0) is 13.8. The van der Waals surface area contributed by atoms with Gasteiger partial charge in [-0.15, -0.1) is 0 Å². The van der Waals surface area contributed by atoms with Crippen LogP contribution in [0.4, 0.5) is 15.8 Å². The van der Waals surface area contributed by atoms with E-state index in [1.54, 1.807) is 12.4 Å². The molecular formula is C12H9BrFN3O2. The molecule has 0 saturated heterocycles. The molecule has 0 radical (unpaired) electrons. The van der Waals surface area contributed by atoms with E-state index in [1.165, 1.54) is 6.07 Å². The van der Waals surface area contributed by atoms with Crippen LogP contribution in [0.1, 0.15) is 5.56 Å². The maximum atomic E-state index is 13.4. The normalized spacial score (nSPS) is 10.2. The van der Waals surface area contributed by atoms with Gasteiger partial charge in [-0.2, -0.15) is 4.39 Å². The molecule has 0 saturated carbocycles. The number of nitro groups is 1. The van der Waals surface area contributed by atoms with Gasteiger partial charge in [-0.3, -0.25) is 15.1 Å². The number of anilines is 1. The minimum atomic E-state index is -0.859. The Morgan fingerprint density at radius 2 is 2.16 bits per heavy atom. The number of nitrogens with one attached hydrogen (secondary N) is 1. The second-order valence-electron chi connectivity index (χ2n) is 3.79. The Balaban J connectivity index is 2.08. The van der Waals surface area contributed by atoms with E-state index in [4.69, 9.17) is 0 Å². The summed E-state index contributed by atoms with van der Waals surface area (Å²) < 4.78 is 14.2. The third-order valence-corrected chi connectivity index (χ3v) is 2.84. The first-order chi connectivity index (χ1) is 9.06. The fourth-order valence-electron chi connectivity index (χ4n) is 1.52. The number of aromatic nitrogens is 1. The molecule has 0 fully saturated rings. The highest BCUT2D eigenvalue weighted by Crippen LogP contribution is 2.21. The van der Waals surface area contributed by atoms with Gasteiger partial charge in [0.1, 0.15) is 0 Å². The number of rotatable bonds is 4. The monoisotopic (exact) mass is 325 g/mol. The number of halogens is 2. The topological polar surface area (TPSA) is 68.1 Å².